The Morgan fingerprint density at radius 2 is 1.65 bits per heavy atom. The Kier molecular flexibility index (Phi) is 4.74. The van der Waals surface area contributed by atoms with E-state index in [-0.39, 0.29) is 6.61 Å². The maximum absolute atomic E-state index is 9.43. The van der Waals surface area contributed by atoms with Gasteiger partial charge in [0.05, 0.1) is 6.61 Å². The molecular formula is C21H20O2. The van der Waals surface area contributed by atoms with Crippen LogP contribution < -0.4 is 4.74 Å². The van der Waals surface area contributed by atoms with E-state index in [2.05, 4.69) is 24.3 Å². The van der Waals surface area contributed by atoms with Crippen LogP contribution in [0.15, 0.2) is 72.8 Å². The van der Waals surface area contributed by atoms with E-state index in [0.29, 0.717) is 6.61 Å². The lowest BCUT2D eigenvalue weighted by atomic mass is 9.96. The van der Waals surface area contributed by atoms with E-state index >= 15 is 0 Å². The van der Waals surface area contributed by atoms with Gasteiger partial charge in [-0.15, -0.1) is 0 Å². The highest BCUT2D eigenvalue weighted by Crippen LogP contribution is 2.28. The van der Waals surface area contributed by atoms with Gasteiger partial charge in [0.15, 0.2) is 0 Å². The summed E-state index contributed by atoms with van der Waals surface area (Å²) in [6.45, 7) is 2.65. The fraction of sp³-hybridized carbons (Fsp3) is 0.143. The molecule has 0 aliphatic carbocycles. The van der Waals surface area contributed by atoms with Crippen molar-refractivity contribution in [1.29, 1.82) is 0 Å². The summed E-state index contributed by atoms with van der Waals surface area (Å²) in [5.41, 5.74) is 5.44. The lowest BCUT2D eigenvalue weighted by molar-refractivity contribution is 0.281. The van der Waals surface area contributed by atoms with E-state index in [9.17, 15) is 5.11 Å². The molecule has 0 aliphatic heterocycles. The number of hydrogen-bond acceptors (Lipinski definition) is 2. The van der Waals surface area contributed by atoms with Crippen molar-refractivity contribution in [3.63, 3.8) is 0 Å². The van der Waals surface area contributed by atoms with Crippen LogP contribution in [0, 0.1) is 6.92 Å². The molecule has 2 nitrogen and oxygen atoms in total. The highest BCUT2D eigenvalue weighted by molar-refractivity contribution is 5.69. The molecule has 2 heteroatoms. The molecule has 3 aromatic rings. The number of hydrogen-bond donors (Lipinski definition) is 1. The van der Waals surface area contributed by atoms with Crippen molar-refractivity contribution in [3.8, 4) is 16.9 Å². The van der Waals surface area contributed by atoms with Gasteiger partial charge in [0.25, 0.3) is 0 Å². The number of benzene rings is 3. The summed E-state index contributed by atoms with van der Waals surface area (Å²) in [5.74, 6) is 0.847. The average Bonchev–Trinajstić information content (AvgIpc) is 2.61. The first-order valence-corrected chi connectivity index (χ1v) is 7.74. The van der Waals surface area contributed by atoms with E-state index in [1.54, 1.807) is 0 Å². The average molecular weight is 304 g/mol. The van der Waals surface area contributed by atoms with Crippen LogP contribution >= 0.6 is 0 Å². The van der Waals surface area contributed by atoms with Crippen LogP contribution in [-0.2, 0) is 13.2 Å². The van der Waals surface area contributed by atoms with Gasteiger partial charge in [0.1, 0.15) is 12.4 Å². The van der Waals surface area contributed by atoms with Crippen LogP contribution in [0.5, 0.6) is 5.75 Å². The highest BCUT2D eigenvalue weighted by Gasteiger charge is 2.06. The maximum Gasteiger partial charge on any atom is 0.120 e. The second kappa shape index (κ2) is 7.12. The minimum atomic E-state index is 0.0594. The fourth-order valence-electron chi connectivity index (χ4n) is 2.66. The summed E-state index contributed by atoms with van der Waals surface area (Å²) in [6, 6.07) is 24.2. The summed E-state index contributed by atoms with van der Waals surface area (Å²) >= 11 is 0. The van der Waals surface area contributed by atoms with Crippen molar-refractivity contribution >= 4 is 0 Å². The normalized spacial score (nSPS) is 10.5. The molecule has 0 saturated heterocycles. The van der Waals surface area contributed by atoms with Gasteiger partial charge >= 0.3 is 0 Å². The van der Waals surface area contributed by atoms with Crippen LogP contribution in [0.3, 0.4) is 0 Å². The Bertz CT molecular complexity index is 779. The fourth-order valence-corrected chi connectivity index (χ4v) is 2.66. The molecule has 0 saturated carbocycles. The third kappa shape index (κ3) is 3.61. The van der Waals surface area contributed by atoms with Gasteiger partial charge in [0, 0.05) is 0 Å². The third-order valence-corrected chi connectivity index (χ3v) is 4.01. The molecule has 116 valence electrons. The van der Waals surface area contributed by atoms with Crippen LogP contribution in [0.4, 0.5) is 0 Å². The van der Waals surface area contributed by atoms with Crippen LogP contribution in [0.1, 0.15) is 16.7 Å². The first kappa shape index (κ1) is 15.3. The molecule has 23 heavy (non-hydrogen) atoms. The van der Waals surface area contributed by atoms with E-state index < -0.39 is 0 Å². The minimum absolute atomic E-state index is 0.0594. The number of rotatable bonds is 5. The van der Waals surface area contributed by atoms with E-state index in [1.165, 1.54) is 0 Å². The van der Waals surface area contributed by atoms with Gasteiger partial charge in [-0.05, 0) is 46.9 Å². The van der Waals surface area contributed by atoms with Gasteiger partial charge in [-0.2, -0.15) is 0 Å². The van der Waals surface area contributed by atoms with Gasteiger partial charge < -0.3 is 9.84 Å². The molecule has 0 heterocycles. The largest absolute Gasteiger partial charge is 0.489 e. The van der Waals surface area contributed by atoms with Crippen molar-refractivity contribution in [2.75, 3.05) is 0 Å². The van der Waals surface area contributed by atoms with E-state index in [0.717, 1.165) is 33.6 Å². The lowest BCUT2D eigenvalue weighted by Crippen LogP contribution is -1.96. The highest BCUT2D eigenvalue weighted by atomic mass is 16.5. The molecule has 0 atom stereocenters. The SMILES string of the molecule is Cc1c(CO)cccc1-c1cccc(OCc2ccccc2)c1. The molecule has 0 bridgehead atoms. The Labute approximate surface area is 137 Å². The summed E-state index contributed by atoms with van der Waals surface area (Å²) < 4.78 is 5.90. The van der Waals surface area contributed by atoms with E-state index in [4.69, 9.17) is 4.74 Å². The van der Waals surface area contributed by atoms with Gasteiger partial charge in [-0.1, -0.05) is 60.7 Å². The molecule has 0 unspecified atom stereocenters. The predicted octanol–water partition coefficient (Wildman–Crippen LogP) is 4.73. The Balaban J connectivity index is 1.83. The second-order valence-electron chi connectivity index (χ2n) is 5.55. The molecule has 0 aliphatic rings. The van der Waals surface area contributed by atoms with Gasteiger partial charge in [-0.3, -0.25) is 0 Å². The summed E-state index contributed by atoms with van der Waals surface area (Å²) in [5, 5.41) is 9.43. The Morgan fingerprint density at radius 1 is 0.870 bits per heavy atom. The van der Waals surface area contributed by atoms with Crippen molar-refractivity contribution < 1.29 is 9.84 Å². The zero-order valence-electron chi connectivity index (χ0n) is 13.2. The molecule has 0 radical (unpaired) electrons. The van der Waals surface area contributed by atoms with Crippen LogP contribution in [-0.4, -0.2) is 5.11 Å². The monoisotopic (exact) mass is 304 g/mol. The third-order valence-electron chi connectivity index (χ3n) is 4.01. The molecule has 0 fully saturated rings. The molecule has 3 rings (SSSR count). The first-order valence-electron chi connectivity index (χ1n) is 7.74. The lowest BCUT2D eigenvalue weighted by Gasteiger charge is -2.12. The zero-order chi connectivity index (χ0) is 16.1. The zero-order valence-corrected chi connectivity index (χ0v) is 13.2. The van der Waals surface area contributed by atoms with Crippen molar-refractivity contribution in [2.45, 2.75) is 20.1 Å². The predicted molar refractivity (Wildman–Crippen MR) is 93.3 cm³/mol. The van der Waals surface area contributed by atoms with Crippen LogP contribution in [0.25, 0.3) is 11.1 Å². The summed E-state index contributed by atoms with van der Waals surface area (Å²) in [7, 11) is 0. The minimum Gasteiger partial charge on any atom is -0.489 e. The number of aliphatic hydroxyl groups is 1. The summed E-state index contributed by atoms with van der Waals surface area (Å²) in [4.78, 5) is 0. The molecular weight excluding hydrogens is 284 g/mol. The quantitative estimate of drug-likeness (QED) is 0.738. The van der Waals surface area contributed by atoms with Crippen molar-refractivity contribution in [3.05, 3.63) is 89.5 Å². The Hall–Kier alpha value is -2.58. The smallest absolute Gasteiger partial charge is 0.120 e. The maximum atomic E-state index is 9.43. The molecule has 1 N–H and O–H groups in total. The summed E-state index contributed by atoms with van der Waals surface area (Å²) in [6.07, 6.45) is 0. The standard InChI is InChI=1S/C21H20O2/c1-16-19(14-22)10-6-12-21(16)18-9-5-11-20(13-18)23-15-17-7-3-2-4-8-17/h2-13,22H,14-15H2,1H3. The number of aliphatic hydroxyl groups excluding tert-OH is 1. The molecule has 0 amide bonds. The topological polar surface area (TPSA) is 29.5 Å². The van der Waals surface area contributed by atoms with E-state index in [1.807, 2.05) is 55.5 Å². The van der Waals surface area contributed by atoms with Crippen LogP contribution in [0.2, 0.25) is 0 Å². The first-order chi connectivity index (χ1) is 11.3. The second-order valence-corrected chi connectivity index (χ2v) is 5.55. The molecule has 0 spiro atoms. The Morgan fingerprint density at radius 3 is 2.43 bits per heavy atom. The van der Waals surface area contributed by atoms with Gasteiger partial charge in [0.2, 0.25) is 0 Å². The van der Waals surface area contributed by atoms with Crippen molar-refractivity contribution in [1.82, 2.24) is 0 Å². The number of ether oxygens (including phenoxy) is 1. The van der Waals surface area contributed by atoms with Crippen molar-refractivity contribution in [2.24, 2.45) is 0 Å². The van der Waals surface area contributed by atoms with Gasteiger partial charge in [-0.25, -0.2) is 0 Å². The molecule has 3 aromatic carbocycles. The molecule has 0 aromatic heterocycles.